The Morgan fingerprint density at radius 3 is 2.67 bits per heavy atom. The van der Waals surface area contributed by atoms with E-state index in [2.05, 4.69) is 33.0 Å². The van der Waals surface area contributed by atoms with Crippen molar-refractivity contribution in [1.82, 2.24) is 4.90 Å². The number of hydrogen-bond donors (Lipinski definition) is 1. The highest BCUT2D eigenvalue weighted by molar-refractivity contribution is 9.10. The fourth-order valence-corrected chi connectivity index (χ4v) is 3.01. The van der Waals surface area contributed by atoms with Gasteiger partial charge in [-0.05, 0) is 78.4 Å². The molecule has 0 aromatic heterocycles. The van der Waals surface area contributed by atoms with Crippen LogP contribution in [-0.2, 0) is 6.54 Å². The minimum Gasteiger partial charge on any atom is -0.330 e. The van der Waals surface area contributed by atoms with E-state index in [0.29, 0.717) is 0 Å². The Morgan fingerprint density at radius 1 is 1.33 bits per heavy atom. The molecule has 0 unspecified atom stereocenters. The first-order valence-corrected chi connectivity index (χ1v) is 7.72. The number of piperidine rings is 1. The first-order valence-electron chi connectivity index (χ1n) is 6.55. The van der Waals surface area contributed by atoms with E-state index in [0.717, 1.165) is 28.5 Å². The Morgan fingerprint density at radius 2 is 2.06 bits per heavy atom. The van der Waals surface area contributed by atoms with Gasteiger partial charge in [-0.3, -0.25) is 4.90 Å². The second-order valence-corrected chi connectivity index (χ2v) is 6.31. The Labute approximate surface area is 123 Å². The molecule has 0 saturated carbocycles. The molecule has 1 aromatic rings. The van der Waals surface area contributed by atoms with E-state index < -0.39 is 0 Å². The summed E-state index contributed by atoms with van der Waals surface area (Å²) < 4.78 is 0.967. The van der Waals surface area contributed by atoms with Crippen molar-refractivity contribution in [3.8, 4) is 0 Å². The molecule has 2 rings (SSSR count). The zero-order valence-electron chi connectivity index (χ0n) is 10.5. The highest BCUT2D eigenvalue weighted by atomic mass is 79.9. The number of likely N-dealkylation sites (tertiary alicyclic amines) is 1. The summed E-state index contributed by atoms with van der Waals surface area (Å²) in [4.78, 5) is 2.51. The Kier molecular flexibility index (Phi) is 5.49. The van der Waals surface area contributed by atoms with Gasteiger partial charge < -0.3 is 5.73 Å². The van der Waals surface area contributed by atoms with Crippen LogP contribution in [0.15, 0.2) is 22.7 Å². The summed E-state index contributed by atoms with van der Waals surface area (Å²) in [5, 5.41) is 0.797. The zero-order valence-corrected chi connectivity index (χ0v) is 12.9. The standard InChI is InChI=1S/C14H20BrClN2/c15-13-2-1-12(9-14(13)16)10-18-7-4-11(3-6-17)5-8-18/h1-2,9,11H,3-8,10,17H2. The molecule has 1 aliphatic heterocycles. The minimum absolute atomic E-state index is 0.797. The van der Waals surface area contributed by atoms with Crippen LogP contribution in [0.25, 0.3) is 0 Å². The van der Waals surface area contributed by atoms with Gasteiger partial charge in [0.1, 0.15) is 0 Å². The summed E-state index contributed by atoms with van der Waals surface area (Å²) in [5.74, 6) is 0.833. The fourth-order valence-electron chi connectivity index (χ4n) is 2.57. The normalized spacial score (nSPS) is 18.2. The molecular formula is C14H20BrClN2. The Hall–Kier alpha value is -0.0900. The summed E-state index contributed by atoms with van der Waals surface area (Å²) >= 11 is 9.54. The maximum Gasteiger partial charge on any atom is 0.0551 e. The molecule has 2 nitrogen and oxygen atoms in total. The van der Waals surface area contributed by atoms with Crippen LogP contribution < -0.4 is 5.73 Å². The van der Waals surface area contributed by atoms with Crippen molar-refractivity contribution in [2.24, 2.45) is 11.7 Å². The summed E-state index contributed by atoms with van der Waals surface area (Å²) in [6.45, 7) is 4.19. The zero-order chi connectivity index (χ0) is 13.0. The quantitative estimate of drug-likeness (QED) is 0.912. The van der Waals surface area contributed by atoms with Gasteiger partial charge in [0.05, 0.1) is 5.02 Å². The molecule has 0 aliphatic carbocycles. The van der Waals surface area contributed by atoms with Crippen LogP contribution in [0.3, 0.4) is 0 Å². The van der Waals surface area contributed by atoms with Gasteiger partial charge in [0.25, 0.3) is 0 Å². The molecule has 100 valence electrons. The molecule has 0 spiro atoms. The maximum absolute atomic E-state index is 6.12. The van der Waals surface area contributed by atoms with Crippen molar-refractivity contribution >= 4 is 27.5 Å². The summed E-state index contributed by atoms with van der Waals surface area (Å²) in [6.07, 6.45) is 3.74. The van der Waals surface area contributed by atoms with E-state index in [9.17, 15) is 0 Å². The molecule has 1 fully saturated rings. The van der Waals surface area contributed by atoms with Crippen LogP contribution in [0.5, 0.6) is 0 Å². The molecular weight excluding hydrogens is 312 g/mol. The van der Waals surface area contributed by atoms with Crippen molar-refractivity contribution in [2.75, 3.05) is 19.6 Å². The van der Waals surface area contributed by atoms with Crippen LogP contribution in [0.2, 0.25) is 5.02 Å². The lowest BCUT2D eigenvalue weighted by Gasteiger charge is -2.31. The van der Waals surface area contributed by atoms with Crippen molar-refractivity contribution in [3.05, 3.63) is 33.3 Å². The second kappa shape index (κ2) is 6.90. The molecule has 1 heterocycles. The Bertz CT molecular complexity index is 389. The third-order valence-corrected chi connectivity index (χ3v) is 4.90. The average Bonchev–Trinajstić information content (AvgIpc) is 2.37. The van der Waals surface area contributed by atoms with E-state index in [-0.39, 0.29) is 0 Å². The molecule has 4 heteroatoms. The third kappa shape index (κ3) is 3.95. The van der Waals surface area contributed by atoms with Crippen LogP contribution in [0.4, 0.5) is 0 Å². The highest BCUT2D eigenvalue weighted by Crippen LogP contribution is 2.25. The molecule has 0 amide bonds. The van der Waals surface area contributed by atoms with Gasteiger partial charge in [0, 0.05) is 11.0 Å². The largest absolute Gasteiger partial charge is 0.330 e. The summed E-state index contributed by atoms with van der Waals surface area (Å²) in [5.41, 5.74) is 6.91. The molecule has 1 aliphatic rings. The molecule has 0 radical (unpaired) electrons. The van der Waals surface area contributed by atoms with Gasteiger partial charge in [-0.2, -0.15) is 0 Å². The predicted octanol–water partition coefficient (Wildman–Crippen LogP) is 3.66. The van der Waals surface area contributed by atoms with Gasteiger partial charge in [-0.1, -0.05) is 17.7 Å². The second-order valence-electron chi connectivity index (χ2n) is 5.05. The van der Waals surface area contributed by atoms with Gasteiger partial charge in [0.2, 0.25) is 0 Å². The molecule has 0 atom stereocenters. The summed E-state index contributed by atoms with van der Waals surface area (Å²) in [6, 6.07) is 6.22. The highest BCUT2D eigenvalue weighted by Gasteiger charge is 2.18. The van der Waals surface area contributed by atoms with Crippen molar-refractivity contribution in [3.63, 3.8) is 0 Å². The smallest absolute Gasteiger partial charge is 0.0551 e. The van der Waals surface area contributed by atoms with Crippen LogP contribution in [0.1, 0.15) is 24.8 Å². The van der Waals surface area contributed by atoms with E-state index in [1.807, 2.05) is 6.07 Å². The Balaban J connectivity index is 1.85. The SMILES string of the molecule is NCCC1CCN(Cc2ccc(Br)c(Cl)c2)CC1. The topological polar surface area (TPSA) is 29.3 Å². The lowest BCUT2D eigenvalue weighted by Crippen LogP contribution is -2.33. The number of nitrogens with two attached hydrogens (primary N) is 1. The fraction of sp³-hybridized carbons (Fsp3) is 0.571. The van der Waals surface area contributed by atoms with Gasteiger partial charge in [-0.25, -0.2) is 0 Å². The number of rotatable bonds is 4. The van der Waals surface area contributed by atoms with Crippen molar-refractivity contribution in [1.29, 1.82) is 0 Å². The van der Waals surface area contributed by atoms with Gasteiger partial charge in [0.15, 0.2) is 0 Å². The van der Waals surface area contributed by atoms with Crippen LogP contribution in [0, 0.1) is 5.92 Å². The predicted molar refractivity (Wildman–Crippen MR) is 80.8 cm³/mol. The van der Waals surface area contributed by atoms with Crippen LogP contribution in [-0.4, -0.2) is 24.5 Å². The number of halogens is 2. The van der Waals surface area contributed by atoms with Crippen LogP contribution >= 0.6 is 27.5 Å². The lowest BCUT2D eigenvalue weighted by molar-refractivity contribution is 0.173. The van der Waals surface area contributed by atoms with Gasteiger partial charge >= 0.3 is 0 Å². The first kappa shape index (κ1) is 14.3. The lowest BCUT2D eigenvalue weighted by atomic mass is 9.93. The summed E-state index contributed by atoms with van der Waals surface area (Å²) in [7, 11) is 0. The molecule has 2 N–H and O–H groups in total. The van der Waals surface area contributed by atoms with Gasteiger partial charge in [-0.15, -0.1) is 0 Å². The number of hydrogen-bond acceptors (Lipinski definition) is 2. The van der Waals surface area contributed by atoms with E-state index in [1.165, 1.54) is 37.9 Å². The van der Waals surface area contributed by atoms with Crippen molar-refractivity contribution < 1.29 is 0 Å². The molecule has 1 saturated heterocycles. The minimum atomic E-state index is 0.797. The average molecular weight is 332 g/mol. The maximum atomic E-state index is 6.12. The molecule has 18 heavy (non-hydrogen) atoms. The first-order chi connectivity index (χ1) is 8.69. The molecule has 1 aromatic carbocycles. The number of benzene rings is 1. The van der Waals surface area contributed by atoms with E-state index in [1.54, 1.807) is 0 Å². The number of nitrogens with zero attached hydrogens (tertiary/aromatic N) is 1. The van der Waals surface area contributed by atoms with E-state index >= 15 is 0 Å². The van der Waals surface area contributed by atoms with Crippen molar-refractivity contribution in [2.45, 2.75) is 25.8 Å². The third-order valence-electron chi connectivity index (χ3n) is 3.67. The monoisotopic (exact) mass is 330 g/mol. The molecule has 0 bridgehead atoms. The van der Waals surface area contributed by atoms with E-state index in [4.69, 9.17) is 17.3 Å².